The monoisotopic (exact) mass is 436 g/mol. The Balaban J connectivity index is 4.91. The van der Waals surface area contributed by atoms with Crippen molar-refractivity contribution in [2.24, 2.45) is 11.8 Å². The van der Waals surface area contributed by atoms with Crippen molar-refractivity contribution in [1.29, 1.82) is 0 Å². The summed E-state index contributed by atoms with van der Waals surface area (Å²) in [4.78, 5) is 23.1. The Morgan fingerprint density at radius 3 is 1.41 bits per heavy atom. The minimum atomic E-state index is -4.12. The van der Waals surface area contributed by atoms with Crippen molar-refractivity contribution in [3.8, 4) is 0 Å². The fourth-order valence-corrected chi connectivity index (χ4v) is 7.20. The molecule has 0 rings (SSSR count). The summed E-state index contributed by atoms with van der Waals surface area (Å²) >= 11 is -4.12. The third kappa shape index (κ3) is 5.01. The third-order valence-corrected chi connectivity index (χ3v) is 10.5. The predicted octanol–water partition coefficient (Wildman–Crippen LogP) is 2.28. The van der Waals surface area contributed by atoms with E-state index in [0.717, 1.165) is 0 Å². The zero-order chi connectivity index (χ0) is 13.6. The van der Waals surface area contributed by atoms with E-state index in [2.05, 4.69) is 13.2 Å². The van der Waals surface area contributed by atoms with Crippen molar-refractivity contribution in [1.82, 2.24) is 0 Å². The fourth-order valence-electron chi connectivity index (χ4n) is 0.821. The Hall–Kier alpha value is -0.658. The molecule has 0 fully saturated rings. The molecule has 0 aromatic carbocycles. The van der Waals surface area contributed by atoms with Crippen LogP contribution < -0.4 is 0 Å². The molecule has 0 bridgehead atoms. The molecule has 0 aromatic rings. The average Bonchev–Trinajstić information content (AvgIpc) is 2.27. The van der Waals surface area contributed by atoms with Gasteiger partial charge in [0.25, 0.3) is 0 Å². The Labute approximate surface area is 109 Å². The average molecular weight is 435 g/mol. The molecule has 17 heavy (non-hydrogen) atoms. The summed E-state index contributed by atoms with van der Waals surface area (Å²) in [5.41, 5.74) is 0. The van der Waals surface area contributed by atoms with Gasteiger partial charge < -0.3 is 0 Å². The van der Waals surface area contributed by atoms with E-state index in [1.54, 1.807) is 27.7 Å². The van der Waals surface area contributed by atoms with E-state index >= 15 is 0 Å². The van der Waals surface area contributed by atoms with Crippen molar-refractivity contribution in [3.05, 3.63) is 20.4 Å². The molecule has 0 aliphatic carbocycles. The van der Waals surface area contributed by atoms with Gasteiger partial charge in [-0.2, -0.15) is 0 Å². The first-order chi connectivity index (χ1) is 7.78. The van der Waals surface area contributed by atoms with Crippen LogP contribution in [-0.4, -0.2) is 34.0 Å². The zero-order valence-electron chi connectivity index (χ0n) is 10.9. The maximum atomic E-state index is 11.6. The van der Waals surface area contributed by atoms with Crippen LogP contribution >= 0.6 is 0 Å². The Kier molecular flexibility index (Phi) is 6.66. The molecule has 0 N–H and O–H groups in total. The van der Waals surface area contributed by atoms with Crippen LogP contribution in [0.5, 0.6) is 0 Å². The molecule has 0 saturated carbocycles. The Morgan fingerprint density at radius 2 is 1.24 bits per heavy atom. The number of rotatable bonds is 6. The molecule has 0 aliphatic heterocycles. The quantitative estimate of drug-likeness (QED) is 0.601. The standard InChI is InChI=1S/2C4H8O2.2C2H3.Pb/c2*1-3(2)4(5)6;2*1-2;/h2*3H,1-2H3,(H,5,6);2*1H,2H2;/q;;;;+2/p-2. The topological polar surface area (TPSA) is 52.6 Å². The van der Waals surface area contributed by atoms with Crippen molar-refractivity contribution in [3.63, 3.8) is 0 Å². The molecule has 0 radical (unpaired) electrons. The SMILES string of the molecule is C=[CH][Pb]([CH]=C)([O]C(=O)C(C)C)[O]C(=O)C(C)C. The van der Waals surface area contributed by atoms with Crippen LogP contribution in [0.2, 0.25) is 0 Å². The van der Waals surface area contributed by atoms with Crippen LogP contribution in [0.4, 0.5) is 0 Å². The van der Waals surface area contributed by atoms with Gasteiger partial charge in [0, 0.05) is 0 Å². The molecule has 0 amide bonds. The second kappa shape index (κ2) is 6.93. The van der Waals surface area contributed by atoms with Gasteiger partial charge in [0.15, 0.2) is 0 Å². The summed E-state index contributed by atoms with van der Waals surface area (Å²) in [5.74, 6) is -1.31. The van der Waals surface area contributed by atoms with E-state index in [1.165, 1.54) is 7.27 Å². The van der Waals surface area contributed by atoms with Crippen molar-refractivity contribution < 1.29 is 15.0 Å². The Bertz CT molecular complexity index is 288. The van der Waals surface area contributed by atoms with Crippen LogP contribution in [0.3, 0.4) is 0 Å². The summed E-state index contributed by atoms with van der Waals surface area (Å²) < 4.78 is 13.6. The summed E-state index contributed by atoms with van der Waals surface area (Å²) in [6, 6.07) is 0. The van der Waals surface area contributed by atoms with Crippen molar-refractivity contribution in [2.75, 3.05) is 0 Å². The summed E-state index contributed by atoms with van der Waals surface area (Å²) in [6.07, 6.45) is 0. The second-order valence-electron chi connectivity index (χ2n) is 4.28. The molecular weight excluding hydrogens is 415 g/mol. The van der Waals surface area contributed by atoms with Gasteiger partial charge in [0.2, 0.25) is 0 Å². The van der Waals surface area contributed by atoms with Gasteiger partial charge in [0.05, 0.1) is 0 Å². The predicted molar refractivity (Wildman–Crippen MR) is 68.0 cm³/mol. The molecule has 0 heterocycles. The normalized spacial score (nSPS) is 11.2. The Morgan fingerprint density at radius 1 is 0.941 bits per heavy atom. The summed E-state index contributed by atoms with van der Waals surface area (Å²) in [6.45, 7) is 14.1. The van der Waals surface area contributed by atoms with E-state index < -0.39 is 22.1 Å². The summed E-state index contributed by atoms with van der Waals surface area (Å²) in [5, 5.41) is 0. The first-order valence-corrected chi connectivity index (χ1v) is 13.2. The molecule has 5 heteroatoms. The molecule has 0 spiro atoms. The molecule has 0 aromatic heterocycles. The molecule has 0 atom stereocenters. The van der Waals surface area contributed by atoms with Crippen molar-refractivity contribution >= 4 is 34.0 Å². The van der Waals surface area contributed by atoms with Gasteiger partial charge in [-0.3, -0.25) is 0 Å². The third-order valence-electron chi connectivity index (χ3n) is 2.03. The molecule has 4 nitrogen and oxygen atoms in total. The van der Waals surface area contributed by atoms with Gasteiger partial charge in [0.1, 0.15) is 0 Å². The summed E-state index contributed by atoms with van der Waals surface area (Å²) in [7, 11) is 0. The van der Waals surface area contributed by atoms with E-state index in [9.17, 15) is 9.59 Å². The van der Waals surface area contributed by atoms with Gasteiger partial charge in [-0.25, -0.2) is 0 Å². The van der Waals surface area contributed by atoms with Crippen LogP contribution in [0.15, 0.2) is 20.4 Å². The molecule has 0 aliphatic rings. The molecule has 0 saturated heterocycles. The van der Waals surface area contributed by atoms with Gasteiger partial charge in [-0.05, 0) is 0 Å². The van der Waals surface area contributed by atoms with Crippen LogP contribution in [0.1, 0.15) is 27.7 Å². The van der Waals surface area contributed by atoms with Gasteiger partial charge in [-0.15, -0.1) is 0 Å². The van der Waals surface area contributed by atoms with Crippen LogP contribution in [0, 0.1) is 11.8 Å². The van der Waals surface area contributed by atoms with Crippen LogP contribution in [-0.2, 0) is 15.0 Å². The minimum absolute atomic E-state index is 0.271. The number of hydrogen-bond acceptors (Lipinski definition) is 4. The van der Waals surface area contributed by atoms with E-state index in [4.69, 9.17) is 5.37 Å². The molecular formula is C12H20O4Pb. The van der Waals surface area contributed by atoms with E-state index in [0.29, 0.717) is 0 Å². The maximum absolute atomic E-state index is 11.6. The van der Waals surface area contributed by atoms with E-state index in [-0.39, 0.29) is 23.8 Å². The first-order valence-electron chi connectivity index (χ1n) is 5.51. The van der Waals surface area contributed by atoms with Gasteiger partial charge >= 0.3 is 109 Å². The zero-order valence-corrected chi connectivity index (χ0v) is 14.7. The number of hydrogen-bond donors (Lipinski definition) is 0. The number of carbonyl (C=O) groups excluding carboxylic acids is 2. The van der Waals surface area contributed by atoms with Crippen LogP contribution in [0.25, 0.3) is 0 Å². The van der Waals surface area contributed by atoms with E-state index in [1.807, 2.05) is 0 Å². The molecule has 96 valence electrons. The fraction of sp³-hybridized carbons (Fsp3) is 0.500. The first kappa shape index (κ1) is 16.3. The molecule has 0 unspecified atom stereocenters. The van der Waals surface area contributed by atoms with Crippen molar-refractivity contribution in [2.45, 2.75) is 27.7 Å². The second-order valence-corrected chi connectivity index (χ2v) is 14.7. The number of carbonyl (C=O) groups is 2. The van der Waals surface area contributed by atoms with Gasteiger partial charge in [-0.1, -0.05) is 0 Å².